The molecule has 0 aliphatic rings. The summed E-state index contributed by atoms with van der Waals surface area (Å²) in [6, 6.07) is 5.00. The average molecular weight is 310 g/mol. The topological polar surface area (TPSA) is 137 Å². The zero-order valence-corrected chi connectivity index (χ0v) is 11.1. The van der Waals surface area contributed by atoms with E-state index in [1.807, 2.05) is 0 Å². The number of ether oxygens (including phenoxy) is 1. The quantitative estimate of drug-likeness (QED) is 0.289. The summed E-state index contributed by atoms with van der Waals surface area (Å²) >= 11 is 5.78. The van der Waals surface area contributed by atoms with Crippen molar-refractivity contribution in [2.24, 2.45) is 10.9 Å². The Bertz CT molecular complexity index is 722. The third kappa shape index (κ3) is 3.34. The van der Waals surface area contributed by atoms with Gasteiger partial charge in [-0.1, -0.05) is 16.8 Å². The first-order chi connectivity index (χ1) is 10.0. The van der Waals surface area contributed by atoms with E-state index >= 15 is 0 Å². The molecule has 1 aromatic heterocycles. The minimum absolute atomic E-state index is 0.104. The molecule has 0 aliphatic heterocycles. The van der Waals surface area contributed by atoms with Crippen molar-refractivity contribution < 1.29 is 14.9 Å². The van der Waals surface area contributed by atoms with Gasteiger partial charge in [0, 0.05) is 23.4 Å². The summed E-state index contributed by atoms with van der Waals surface area (Å²) in [5.74, 6) is -0.369. The van der Waals surface area contributed by atoms with Crippen LogP contribution in [0.15, 0.2) is 35.6 Å². The molecule has 2 aromatic rings. The van der Waals surface area contributed by atoms with Crippen molar-refractivity contribution in [3.63, 3.8) is 0 Å². The number of benzene rings is 1. The van der Waals surface area contributed by atoms with Crippen LogP contribution in [0.1, 0.15) is 5.69 Å². The number of nitrogens with two attached hydrogens (primary N) is 1. The van der Waals surface area contributed by atoms with Crippen molar-refractivity contribution in [3.8, 4) is 11.8 Å². The molecule has 10 heteroatoms. The maximum absolute atomic E-state index is 10.9. The van der Waals surface area contributed by atoms with E-state index in [0.29, 0.717) is 0 Å². The molecule has 1 heterocycles. The number of hydrogen-bond acceptors (Lipinski definition) is 7. The lowest BCUT2D eigenvalue weighted by molar-refractivity contribution is -0.385. The van der Waals surface area contributed by atoms with E-state index in [4.69, 9.17) is 27.3 Å². The standard InChI is InChI=1S/C11H8ClN5O4/c12-6-1-2-8(17(19)20)9(5-6)21-11-14-4-3-7(15-11)10(13)16-18/h1-5,18H,(H2,13,16). The van der Waals surface area contributed by atoms with Gasteiger partial charge in [-0.3, -0.25) is 10.1 Å². The van der Waals surface area contributed by atoms with Gasteiger partial charge < -0.3 is 15.7 Å². The van der Waals surface area contributed by atoms with E-state index in [1.54, 1.807) is 0 Å². The molecule has 0 radical (unpaired) electrons. The number of nitro groups is 1. The summed E-state index contributed by atoms with van der Waals surface area (Å²) in [6.45, 7) is 0. The van der Waals surface area contributed by atoms with Crippen LogP contribution in [0.3, 0.4) is 0 Å². The lowest BCUT2D eigenvalue weighted by Crippen LogP contribution is -2.15. The lowest BCUT2D eigenvalue weighted by Gasteiger charge is -2.05. The van der Waals surface area contributed by atoms with E-state index < -0.39 is 4.92 Å². The van der Waals surface area contributed by atoms with Crippen LogP contribution in [0, 0.1) is 10.1 Å². The maximum atomic E-state index is 10.9. The molecule has 3 N–H and O–H groups in total. The Labute approximate surface area is 122 Å². The van der Waals surface area contributed by atoms with Gasteiger partial charge in [0.25, 0.3) is 0 Å². The Balaban J connectivity index is 2.38. The van der Waals surface area contributed by atoms with Gasteiger partial charge >= 0.3 is 11.7 Å². The third-order valence-electron chi connectivity index (χ3n) is 2.32. The van der Waals surface area contributed by atoms with Gasteiger partial charge in [-0.05, 0) is 12.1 Å². The molecule has 0 saturated heterocycles. The molecule has 0 atom stereocenters. The van der Waals surface area contributed by atoms with Crippen molar-refractivity contribution in [1.29, 1.82) is 0 Å². The van der Waals surface area contributed by atoms with Crippen LogP contribution in [-0.2, 0) is 0 Å². The zero-order chi connectivity index (χ0) is 15.4. The first kappa shape index (κ1) is 14.5. The van der Waals surface area contributed by atoms with E-state index in [2.05, 4.69) is 15.1 Å². The molecule has 1 aromatic carbocycles. The molecule has 0 aliphatic carbocycles. The van der Waals surface area contributed by atoms with Crippen LogP contribution in [0.4, 0.5) is 5.69 Å². The van der Waals surface area contributed by atoms with Crippen LogP contribution >= 0.6 is 11.6 Å². The number of amidine groups is 1. The second-order valence-corrected chi connectivity index (χ2v) is 4.12. The van der Waals surface area contributed by atoms with Crippen LogP contribution in [0.2, 0.25) is 5.02 Å². The summed E-state index contributed by atoms with van der Waals surface area (Å²) in [7, 11) is 0. The Kier molecular flexibility index (Phi) is 4.14. The molecule has 0 fully saturated rings. The average Bonchev–Trinajstić information content (AvgIpc) is 2.46. The van der Waals surface area contributed by atoms with Gasteiger partial charge in [0.1, 0.15) is 5.69 Å². The normalized spacial score (nSPS) is 11.2. The summed E-state index contributed by atoms with van der Waals surface area (Å²) in [5, 5.41) is 22.5. The van der Waals surface area contributed by atoms with Crippen molar-refractivity contribution in [2.75, 3.05) is 0 Å². The Morgan fingerprint density at radius 2 is 2.24 bits per heavy atom. The highest BCUT2D eigenvalue weighted by atomic mass is 35.5. The van der Waals surface area contributed by atoms with E-state index in [-0.39, 0.29) is 34.0 Å². The molecule has 108 valence electrons. The number of oxime groups is 1. The van der Waals surface area contributed by atoms with Crippen LogP contribution in [0.25, 0.3) is 0 Å². The summed E-state index contributed by atoms with van der Waals surface area (Å²) in [4.78, 5) is 17.9. The third-order valence-corrected chi connectivity index (χ3v) is 2.56. The highest BCUT2D eigenvalue weighted by Gasteiger charge is 2.17. The molecular weight excluding hydrogens is 302 g/mol. The second-order valence-electron chi connectivity index (χ2n) is 3.68. The summed E-state index contributed by atoms with van der Waals surface area (Å²) in [5.41, 5.74) is 5.19. The molecular formula is C11H8ClN5O4. The minimum Gasteiger partial charge on any atom is -0.417 e. The maximum Gasteiger partial charge on any atom is 0.322 e. The van der Waals surface area contributed by atoms with E-state index in [9.17, 15) is 10.1 Å². The predicted molar refractivity (Wildman–Crippen MR) is 72.7 cm³/mol. The molecule has 9 nitrogen and oxygen atoms in total. The first-order valence-electron chi connectivity index (χ1n) is 5.44. The van der Waals surface area contributed by atoms with E-state index in [1.165, 1.54) is 30.5 Å². The fourth-order valence-corrected chi connectivity index (χ4v) is 1.56. The number of aromatic nitrogens is 2. The summed E-state index contributed by atoms with van der Waals surface area (Å²) in [6.07, 6.45) is 1.30. The lowest BCUT2D eigenvalue weighted by atomic mass is 10.3. The fourth-order valence-electron chi connectivity index (χ4n) is 1.40. The minimum atomic E-state index is -0.626. The largest absolute Gasteiger partial charge is 0.417 e. The number of rotatable bonds is 4. The molecule has 0 amide bonds. The Morgan fingerprint density at radius 3 is 2.90 bits per heavy atom. The number of nitro benzene ring substituents is 1. The SMILES string of the molecule is N/C(=N/O)c1ccnc(Oc2cc(Cl)ccc2[N+](=O)[O-])n1. The van der Waals surface area contributed by atoms with Crippen molar-refractivity contribution in [1.82, 2.24) is 9.97 Å². The van der Waals surface area contributed by atoms with Crippen LogP contribution in [0.5, 0.6) is 11.8 Å². The van der Waals surface area contributed by atoms with Gasteiger partial charge in [0.2, 0.25) is 5.75 Å². The zero-order valence-electron chi connectivity index (χ0n) is 10.3. The summed E-state index contributed by atoms with van der Waals surface area (Å²) < 4.78 is 5.25. The highest BCUT2D eigenvalue weighted by Crippen LogP contribution is 2.32. The Hall–Kier alpha value is -2.94. The highest BCUT2D eigenvalue weighted by molar-refractivity contribution is 6.30. The molecule has 21 heavy (non-hydrogen) atoms. The second kappa shape index (κ2) is 6.01. The fraction of sp³-hybridized carbons (Fsp3) is 0. The molecule has 0 unspecified atom stereocenters. The van der Waals surface area contributed by atoms with Gasteiger partial charge in [0.15, 0.2) is 5.84 Å². The van der Waals surface area contributed by atoms with Gasteiger partial charge in [-0.25, -0.2) is 4.98 Å². The predicted octanol–water partition coefficient (Wildman–Crippen LogP) is 1.92. The number of hydrogen-bond donors (Lipinski definition) is 2. The van der Waals surface area contributed by atoms with Crippen molar-refractivity contribution in [2.45, 2.75) is 0 Å². The first-order valence-corrected chi connectivity index (χ1v) is 5.82. The molecule has 0 bridgehead atoms. The van der Waals surface area contributed by atoms with Gasteiger partial charge in [-0.2, -0.15) is 4.98 Å². The van der Waals surface area contributed by atoms with Gasteiger partial charge in [0.05, 0.1) is 4.92 Å². The van der Waals surface area contributed by atoms with Gasteiger partial charge in [-0.15, -0.1) is 0 Å². The molecule has 0 saturated carbocycles. The number of nitrogens with zero attached hydrogens (tertiary/aromatic N) is 4. The van der Waals surface area contributed by atoms with Crippen molar-refractivity contribution in [3.05, 3.63) is 51.3 Å². The van der Waals surface area contributed by atoms with Crippen LogP contribution in [-0.4, -0.2) is 25.9 Å². The van der Waals surface area contributed by atoms with E-state index in [0.717, 1.165) is 0 Å². The smallest absolute Gasteiger partial charge is 0.322 e. The monoisotopic (exact) mass is 309 g/mol. The van der Waals surface area contributed by atoms with Crippen molar-refractivity contribution >= 4 is 23.1 Å². The Morgan fingerprint density at radius 1 is 1.48 bits per heavy atom. The molecule has 0 spiro atoms. The number of halogens is 1. The molecule has 2 rings (SSSR count). The van der Waals surface area contributed by atoms with Crippen LogP contribution < -0.4 is 10.5 Å².